The number of nitrogens with two attached hydrogens (primary N) is 1. The van der Waals surface area contributed by atoms with Gasteiger partial charge < -0.3 is 11.1 Å². The molecule has 0 spiro atoms. The van der Waals surface area contributed by atoms with Gasteiger partial charge >= 0.3 is 0 Å². The van der Waals surface area contributed by atoms with Crippen LogP contribution in [0.3, 0.4) is 0 Å². The molecule has 0 bridgehead atoms. The monoisotopic (exact) mass is 208 g/mol. The van der Waals surface area contributed by atoms with E-state index in [-0.39, 0.29) is 0 Å². The Morgan fingerprint density at radius 3 is 2.47 bits per heavy atom. The Morgan fingerprint density at radius 2 is 2.00 bits per heavy atom. The van der Waals surface area contributed by atoms with Crippen LogP contribution in [0.2, 0.25) is 0 Å². The molecule has 1 aromatic rings. The number of nitrogens with one attached hydrogen (secondary N) is 1. The molecule has 0 aromatic carbocycles. The molecule has 1 amide bonds. The van der Waals surface area contributed by atoms with Crippen LogP contribution in [0.25, 0.3) is 0 Å². The van der Waals surface area contributed by atoms with E-state index in [9.17, 15) is 4.79 Å². The third-order valence-electron chi connectivity index (χ3n) is 2.25. The number of carbonyl (C=O) groups excluding carboxylic acids is 1. The summed E-state index contributed by atoms with van der Waals surface area (Å²) in [6.07, 6.45) is 1.59. The number of nitrogens with zero attached hydrogens (tertiary/aromatic N) is 2. The number of amides is 1. The first kappa shape index (κ1) is 11.4. The number of carbonyl (C=O) groups is 1. The lowest BCUT2D eigenvalue weighted by atomic mass is 10.1. The van der Waals surface area contributed by atoms with Crippen molar-refractivity contribution < 1.29 is 4.79 Å². The van der Waals surface area contributed by atoms with Gasteiger partial charge in [-0.15, -0.1) is 0 Å². The van der Waals surface area contributed by atoms with Gasteiger partial charge in [0.1, 0.15) is 11.4 Å². The Hall–Kier alpha value is -1.65. The summed E-state index contributed by atoms with van der Waals surface area (Å²) in [4.78, 5) is 19.5. The van der Waals surface area contributed by atoms with Crippen molar-refractivity contribution in [1.29, 1.82) is 0 Å². The molecule has 1 aromatic heterocycles. The van der Waals surface area contributed by atoms with Gasteiger partial charge in [-0.3, -0.25) is 9.78 Å². The zero-order chi connectivity index (χ0) is 11.6. The molecule has 0 aliphatic heterocycles. The fourth-order valence-electron chi connectivity index (χ4n) is 0.984. The summed E-state index contributed by atoms with van der Waals surface area (Å²) in [5.74, 6) is 0.129. The number of primary amides is 1. The van der Waals surface area contributed by atoms with Crippen LogP contribution in [0.1, 0.15) is 25.2 Å². The van der Waals surface area contributed by atoms with Crippen LogP contribution < -0.4 is 11.1 Å². The lowest BCUT2D eigenvalue weighted by Crippen LogP contribution is -2.45. The maximum absolute atomic E-state index is 11.1. The number of hydrogen-bond donors (Lipinski definition) is 2. The summed E-state index contributed by atoms with van der Waals surface area (Å²) in [6.45, 7) is 7.15. The standard InChI is InChI=1S/C10H16N4O/c1-6-7(2)13-8(5-12-6)14-10(3,4)9(11)15/h5H,1-4H3,(H2,11,15)(H,13,14). The number of aromatic nitrogens is 2. The molecule has 1 rings (SSSR count). The zero-order valence-corrected chi connectivity index (χ0v) is 9.46. The molecule has 5 nitrogen and oxygen atoms in total. The van der Waals surface area contributed by atoms with Crippen LogP contribution in [-0.4, -0.2) is 21.4 Å². The highest BCUT2D eigenvalue weighted by molar-refractivity contribution is 5.86. The van der Waals surface area contributed by atoms with Gasteiger partial charge in [0.25, 0.3) is 0 Å². The molecule has 82 valence electrons. The first-order chi connectivity index (χ1) is 6.83. The molecule has 0 aliphatic carbocycles. The van der Waals surface area contributed by atoms with Crippen molar-refractivity contribution in [1.82, 2.24) is 9.97 Å². The minimum Gasteiger partial charge on any atom is -0.368 e. The van der Waals surface area contributed by atoms with Gasteiger partial charge in [-0.05, 0) is 27.7 Å². The summed E-state index contributed by atoms with van der Waals surface area (Å²) in [5, 5.41) is 2.94. The second kappa shape index (κ2) is 3.84. The summed E-state index contributed by atoms with van der Waals surface area (Å²) >= 11 is 0. The Kier molecular flexibility index (Phi) is 2.93. The highest BCUT2D eigenvalue weighted by atomic mass is 16.1. The lowest BCUT2D eigenvalue weighted by Gasteiger charge is -2.22. The summed E-state index contributed by atoms with van der Waals surface area (Å²) in [5.41, 5.74) is 6.12. The minimum absolute atomic E-state index is 0.428. The minimum atomic E-state index is -0.823. The molecule has 0 saturated carbocycles. The van der Waals surface area contributed by atoms with Gasteiger partial charge in [0, 0.05) is 0 Å². The molecule has 3 N–H and O–H groups in total. The lowest BCUT2D eigenvalue weighted by molar-refractivity contribution is -0.121. The van der Waals surface area contributed by atoms with Gasteiger partial charge in [-0.25, -0.2) is 4.98 Å². The van der Waals surface area contributed by atoms with Gasteiger partial charge in [-0.1, -0.05) is 0 Å². The second-order valence-electron chi connectivity index (χ2n) is 4.04. The van der Waals surface area contributed by atoms with Crippen molar-refractivity contribution in [2.45, 2.75) is 33.2 Å². The first-order valence-corrected chi connectivity index (χ1v) is 4.71. The van der Waals surface area contributed by atoms with Gasteiger partial charge in [0.05, 0.1) is 17.6 Å². The van der Waals surface area contributed by atoms with Crippen LogP contribution in [0, 0.1) is 13.8 Å². The largest absolute Gasteiger partial charge is 0.368 e. The Bertz CT molecular complexity index is 387. The summed E-state index contributed by atoms with van der Waals surface area (Å²) in [6, 6.07) is 0. The van der Waals surface area contributed by atoms with Crippen molar-refractivity contribution in [3.8, 4) is 0 Å². The Morgan fingerprint density at radius 1 is 1.40 bits per heavy atom. The second-order valence-corrected chi connectivity index (χ2v) is 4.04. The maximum Gasteiger partial charge on any atom is 0.242 e. The maximum atomic E-state index is 11.1. The van der Waals surface area contributed by atoms with Crippen molar-refractivity contribution in [3.05, 3.63) is 17.6 Å². The first-order valence-electron chi connectivity index (χ1n) is 4.71. The number of hydrogen-bond acceptors (Lipinski definition) is 4. The summed E-state index contributed by atoms with van der Waals surface area (Å²) < 4.78 is 0. The van der Waals surface area contributed by atoms with Crippen LogP contribution >= 0.6 is 0 Å². The third-order valence-corrected chi connectivity index (χ3v) is 2.25. The van der Waals surface area contributed by atoms with E-state index in [1.165, 1.54) is 0 Å². The van der Waals surface area contributed by atoms with Crippen molar-refractivity contribution in [2.75, 3.05) is 5.32 Å². The average Bonchev–Trinajstić information content (AvgIpc) is 2.10. The van der Waals surface area contributed by atoms with E-state index in [0.717, 1.165) is 11.4 Å². The molecule has 1 heterocycles. The van der Waals surface area contributed by atoms with Crippen molar-refractivity contribution >= 4 is 11.7 Å². The molecule has 5 heteroatoms. The van der Waals surface area contributed by atoms with Gasteiger partial charge in [0.15, 0.2) is 0 Å². The predicted octanol–water partition coefficient (Wildman–Crippen LogP) is 0.769. The van der Waals surface area contributed by atoms with E-state index in [1.807, 2.05) is 13.8 Å². The van der Waals surface area contributed by atoms with Crippen LogP contribution in [-0.2, 0) is 4.79 Å². The zero-order valence-electron chi connectivity index (χ0n) is 9.46. The number of aryl methyl sites for hydroxylation is 2. The molecule has 0 fully saturated rings. The average molecular weight is 208 g/mol. The SMILES string of the molecule is Cc1ncc(NC(C)(C)C(N)=O)nc1C. The molecule has 0 atom stereocenters. The van der Waals surface area contributed by atoms with E-state index in [1.54, 1.807) is 20.0 Å². The molecular weight excluding hydrogens is 192 g/mol. The van der Waals surface area contributed by atoms with E-state index < -0.39 is 11.4 Å². The molecule has 0 radical (unpaired) electrons. The van der Waals surface area contributed by atoms with Crippen molar-refractivity contribution in [2.24, 2.45) is 5.73 Å². The van der Waals surface area contributed by atoms with E-state index >= 15 is 0 Å². The van der Waals surface area contributed by atoms with E-state index in [2.05, 4.69) is 15.3 Å². The van der Waals surface area contributed by atoms with Gasteiger partial charge in [-0.2, -0.15) is 0 Å². The van der Waals surface area contributed by atoms with Crippen molar-refractivity contribution in [3.63, 3.8) is 0 Å². The highest BCUT2D eigenvalue weighted by Gasteiger charge is 2.24. The van der Waals surface area contributed by atoms with E-state index in [4.69, 9.17) is 5.73 Å². The number of anilines is 1. The summed E-state index contributed by atoms with van der Waals surface area (Å²) in [7, 11) is 0. The fourth-order valence-corrected chi connectivity index (χ4v) is 0.984. The quantitative estimate of drug-likeness (QED) is 0.768. The van der Waals surface area contributed by atoms with E-state index in [0.29, 0.717) is 5.82 Å². The molecule has 0 unspecified atom stereocenters. The van der Waals surface area contributed by atoms with Gasteiger partial charge in [0.2, 0.25) is 5.91 Å². The normalized spacial score (nSPS) is 11.2. The third kappa shape index (κ3) is 2.65. The smallest absolute Gasteiger partial charge is 0.242 e. The number of rotatable bonds is 3. The van der Waals surface area contributed by atoms with Crippen LogP contribution in [0.5, 0.6) is 0 Å². The predicted molar refractivity (Wildman–Crippen MR) is 58.4 cm³/mol. The Labute approximate surface area is 89.1 Å². The molecular formula is C10H16N4O. The topological polar surface area (TPSA) is 80.9 Å². The molecule has 0 aliphatic rings. The van der Waals surface area contributed by atoms with Crippen LogP contribution in [0.15, 0.2) is 6.20 Å². The molecule has 15 heavy (non-hydrogen) atoms. The molecule has 0 saturated heterocycles. The fraction of sp³-hybridized carbons (Fsp3) is 0.500. The van der Waals surface area contributed by atoms with Crippen LogP contribution in [0.4, 0.5) is 5.82 Å². The highest BCUT2D eigenvalue weighted by Crippen LogP contribution is 2.12. The Balaban J connectivity index is 2.91.